The normalized spacial score (nSPS) is 24.0. The van der Waals surface area contributed by atoms with Crippen molar-refractivity contribution >= 4 is 16.9 Å². The molecule has 1 aliphatic carbocycles. The van der Waals surface area contributed by atoms with Gasteiger partial charge in [-0.3, -0.25) is 0 Å². The van der Waals surface area contributed by atoms with Gasteiger partial charge in [-0.1, -0.05) is 13.0 Å². The van der Waals surface area contributed by atoms with Gasteiger partial charge in [0.05, 0.1) is 0 Å². The highest BCUT2D eigenvalue weighted by atomic mass is 15.2. The predicted octanol–water partition coefficient (Wildman–Crippen LogP) is 3.22. The molecule has 0 aromatic heterocycles. The molecule has 1 saturated heterocycles. The van der Waals surface area contributed by atoms with Gasteiger partial charge in [-0.25, -0.2) is 0 Å². The van der Waals surface area contributed by atoms with E-state index in [0.717, 1.165) is 44.2 Å². The van der Waals surface area contributed by atoms with Gasteiger partial charge in [-0.05, 0) is 56.0 Å². The van der Waals surface area contributed by atoms with Crippen molar-refractivity contribution in [3.05, 3.63) is 29.8 Å². The molecule has 1 fully saturated rings. The largest absolute Gasteiger partial charge is 0.398 e. The molecule has 1 heterocycles. The van der Waals surface area contributed by atoms with E-state index in [9.17, 15) is 0 Å². The van der Waals surface area contributed by atoms with Crippen LogP contribution in [0.5, 0.6) is 0 Å². The first-order valence-corrected chi connectivity index (χ1v) is 8.16. The Balaban J connectivity index is 1.83. The van der Waals surface area contributed by atoms with E-state index in [1.165, 1.54) is 29.7 Å². The number of benzene rings is 1. The van der Waals surface area contributed by atoms with Crippen LogP contribution in [0.25, 0.3) is 5.57 Å². The van der Waals surface area contributed by atoms with Crippen molar-refractivity contribution in [1.82, 2.24) is 4.90 Å². The fraction of sp³-hybridized carbons (Fsp3) is 0.556. The van der Waals surface area contributed by atoms with Gasteiger partial charge in [0.2, 0.25) is 0 Å². The van der Waals surface area contributed by atoms with Crippen LogP contribution in [0.1, 0.15) is 31.7 Å². The van der Waals surface area contributed by atoms with Crippen LogP contribution in [0.4, 0.5) is 11.4 Å². The second kappa shape index (κ2) is 6.10. The summed E-state index contributed by atoms with van der Waals surface area (Å²) in [6, 6.07) is 6.57. The van der Waals surface area contributed by atoms with Gasteiger partial charge in [-0.2, -0.15) is 0 Å². The summed E-state index contributed by atoms with van der Waals surface area (Å²) < 4.78 is 0. The fourth-order valence-electron chi connectivity index (χ4n) is 3.29. The summed E-state index contributed by atoms with van der Waals surface area (Å²) in [4.78, 5) is 4.87. The fourth-order valence-corrected chi connectivity index (χ4v) is 3.29. The third-order valence-electron chi connectivity index (χ3n) is 4.92. The molecule has 2 N–H and O–H groups in total. The number of anilines is 2. The summed E-state index contributed by atoms with van der Waals surface area (Å²) in [5.74, 6) is 0.816. The van der Waals surface area contributed by atoms with Gasteiger partial charge in [-0.15, -0.1) is 0 Å². The van der Waals surface area contributed by atoms with E-state index in [0.29, 0.717) is 0 Å². The zero-order valence-corrected chi connectivity index (χ0v) is 13.3. The summed E-state index contributed by atoms with van der Waals surface area (Å²) in [6.45, 7) is 6.82. The van der Waals surface area contributed by atoms with E-state index in [-0.39, 0.29) is 0 Å². The molecule has 0 spiro atoms. The van der Waals surface area contributed by atoms with Crippen LogP contribution in [-0.4, -0.2) is 38.1 Å². The smallest absolute Gasteiger partial charge is 0.0391 e. The van der Waals surface area contributed by atoms with Gasteiger partial charge in [0.15, 0.2) is 0 Å². The maximum atomic E-state index is 6.24. The summed E-state index contributed by atoms with van der Waals surface area (Å²) in [5.41, 5.74) is 11.2. The van der Waals surface area contributed by atoms with Crippen molar-refractivity contribution in [1.29, 1.82) is 0 Å². The second-order valence-corrected chi connectivity index (χ2v) is 6.67. The molecule has 0 saturated carbocycles. The maximum Gasteiger partial charge on any atom is 0.0391 e. The average Bonchev–Trinajstić information content (AvgIpc) is 2.50. The van der Waals surface area contributed by atoms with Crippen LogP contribution in [0.3, 0.4) is 0 Å². The van der Waals surface area contributed by atoms with Crippen molar-refractivity contribution in [2.45, 2.75) is 26.2 Å². The molecule has 3 rings (SSSR count). The number of hydrogen-bond acceptors (Lipinski definition) is 3. The Morgan fingerprint density at radius 3 is 2.57 bits per heavy atom. The topological polar surface area (TPSA) is 32.5 Å². The highest BCUT2D eigenvalue weighted by molar-refractivity contribution is 5.78. The molecule has 3 nitrogen and oxygen atoms in total. The first-order valence-electron chi connectivity index (χ1n) is 8.16. The van der Waals surface area contributed by atoms with Crippen molar-refractivity contribution in [2.75, 3.05) is 43.9 Å². The molecule has 1 aromatic carbocycles. The number of likely N-dealkylation sites (N-methyl/N-ethyl adjacent to an activating group) is 1. The van der Waals surface area contributed by atoms with E-state index in [1.54, 1.807) is 0 Å². The standard InChI is InChI=1S/C18H27N3/c1-14-3-5-15(6-4-14)17-13-16(7-8-18(17)19)21-11-9-20(2)10-12-21/h5,7-8,13-14H,3-4,6,9-12,19H2,1-2H3. The number of nitrogens with zero attached hydrogens (tertiary/aromatic N) is 2. The lowest BCUT2D eigenvalue weighted by Crippen LogP contribution is -2.44. The number of rotatable bonds is 2. The van der Waals surface area contributed by atoms with Gasteiger partial charge in [0.1, 0.15) is 0 Å². The van der Waals surface area contributed by atoms with E-state index < -0.39 is 0 Å². The molecular formula is C18H27N3. The second-order valence-electron chi connectivity index (χ2n) is 6.67. The number of allylic oxidation sites excluding steroid dienone is 2. The lowest BCUT2D eigenvalue weighted by Gasteiger charge is -2.34. The zero-order valence-electron chi connectivity index (χ0n) is 13.3. The molecule has 0 radical (unpaired) electrons. The van der Waals surface area contributed by atoms with Gasteiger partial charge in [0.25, 0.3) is 0 Å². The number of piperazine rings is 1. The van der Waals surface area contributed by atoms with E-state index in [1.807, 2.05) is 0 Å². The monoisotopic (exact) mass is 285 g/mol. The summed E-state index contributed by atoms with van der Waals surface area (Å²) in [5, 5.41) is 0. The minimum absolute atomic E-state index is 0.816. The Hall–Kier alpha value is -1.48. The SMILES string of the molecule is CC1CC=C(c2cc(N3CCN(C)CC3)ccc2N)CC1. The minimum Gasteiger partial charge on any atom is -0.398 e. The first kappa shape index (κ1) is 14.5. The van der Waals surface area contributed by atoms with E-state index in [2.05, 4.69) is 48.0 Å². The summed E-state index contributed by atoms with van der Waals surface area (Å²) in [6.07, 6.45) is 6.03. The van der Waals surface area contributed by atoms with Crippen LogP contribution in [0, 0.1) is 5.92 Å². The number of nitrogen functional groups attached to an aromatic ring is 1. The minimum atomic E-state index is 0.816. The highest BCUT2D eigenvalue weighted by Crippen LogP contribution is 2.34. The Morgan fingerprint density at radius 1 is 1.14 bits per heavy atom. The predicted molar refractivity (Wildman–Crippen MR) is 91.6 cm³/mol. The molecule has 114 valence electrons. The van der Waals surface area contributed by atoms with Crippen LogP contribution < -0.4 is 10.6 Å². The zero-order chi connectivity index (χ0) is 14.8. The van der Waals surface area contributed by atoms with Crippen LogP contribution >= 0.6 is 0 Å². The summed E-state index contributed by atoms with van der Waals surface area (Å²) >= 11 is 0. The third kappa shape index (κ3) is 3.24. The molecule has 2 aliphatic rings. The average molecular weight is 285 g/mol. The lowest BCUT2D eigenvalue weighted by molar-refractivity contribution is 0.313. The quantitative estimate of drug-likeness (QED) is 0.847. The Labute approximate surface area is 128 Å². The Kier molecular flexibility index (Phi) is 4.20. The highest BCUT2D eigenvalue weighted by Gasteiger charge is 2.17. The molecule has 1 aromatic rings. The van der Waals surface area contributed by atoms with Crippen LogP contribution in [-0.2, 0) is 0 Å². The molecule has 21 heavy (non-hydrogen) atoms. The van der Waals surface area contributed by atoms with Crippen molar-refractivity contribution < 1.29 is 0 Å². The van der Waals surface area contributed by atoms with Crippen LogP contribution in [0.15, 0.2) is 24.3 Å². The Morgan fingerprint density at radius 2 is 1.90 bits per heavy atom. The van der Waals surface area contributed by atoms with Crippen LogP contribution in [0.2, 0.25) is 0 Å². The van der Waals surface area contributed by atoms with Crippen molar-refractivity contribution in [2.24, 2.45) is 5.92 Å². The Bertz CT molecular complexity index is 527. The molecule has 1 unspecified atom stereocenters. The number of hydrogen-bond donors (Lipinski definition) is 1. The molecular weight excluding hydrogens is 258 g/mol. The molecule has 1 aliphatic heterocycles. The number of nitrogens with two attached hydrogens (primary N) is 1. The van der Waals surface area contributed by atoms with Gasteiger partial charge >= 0.3 is 0 Å². The summed E-state index contributed by atoms with van der Waals surface area (Å²) in [7, 11) is 2.19. The van der Waals surface area contributed by atoms with Crippen molar-refractivity contribution in [3.8, 4) is 0 Å². The molecule has 3 heteroatoms. The van der Waals surface area contributed by atoms with E-state index in [4.69, 9.17) is 5.73 Å². The molecule has 0 amide bonds. The molecule has 1 atom stereocenters. The van der Waals surface area contributed by atoms with Crippen molar-refractivity contribution in [3.63, 3.8) is 0 Å². The maximum absolute atomic E-state index is 6.24. The van der Waals surface area contributed by atoms with Gasteiger partial charge in [0, 0.05) is 43.1 Å². The molecule has 0 bridgehead atoms. The first-order chi connectivity index (χ1) is 10.1. The third-order valence-corrected chi connectivity index (χ3v) is 4.92. The van der Waals surface area contributed by atoms with E-state index >= 15 is 0 Å². The lowest BCUT2D eigenvalue weighted by atomic mass is 9.87. The van der Waals surface area contributed by atoms with Gasteiger partial charge < -0.3 is 15.5 Å².